The summed E-state index contributed by atoms with van der Waals surface area (Å²) in [5.74, 6) is 1.15. The van der Waals surface area contributed by atoms with E-state index in [9.17, 15) is 9.18 Å². The van der Waals surface area contributed by atoms with Crippen LogP contribution in [0.5, 0.6) is 11.5 Å². The predicted molar refractivity (Wildman–Crippen MR) is 122 cm³/mol. The third-order valence-electron chi connectivity index (χ3n) is 5.29. The summed E-state index contributed by atoms with van der Waals surface area (Å²) < 4.78 is 27.6. The fraction of sp³-hybridized carbons (Fsp3) is 0.208. The number of hydrogen-bond donors (Lipinski definition) is 1. The van der Waals surface area contributed by atoms with E-state index in [2.05, 4.69) is 15.4 Å². The number of hydrogen-bond acceptors (Lipinski definition) is 5. The van der Waals surface area contributed by atoms with Crippen molar-refractivity contribution in [1.29, 1.82) is 0 Å². The second kappa shape index (κ2) is 9.56. The lowest BCUT2D eigenvalue weighted by Gasteiger charge is -2.13. The largest absolute Gasteiger partial charge is 0.497 e. The van der Waals surface area contributed by atoms with Crippen molar-refractivity contribution in [2.75, 3.05) is 20.8 Å². The Morgan fingerprint density at radius 1 is 1.12 bits per heavy atom. The van der Waals surface area contributed by atoms with Crippen LogP contribution < -0.4 is 14.8 Å². The van der Waals surface area contributed by atoms with Gasteiger partial charge in [0.25, 0.3) is 5.91 Å². The van der Waals surface area contributed by atoms with Gasteiger partial charge in [0.2, 0.25) is 0 Å². The predicted octanol–water partition coefficient (Wildman–Crippen LogP) is 3.54. The molecule has 4 rings (SSSR count). The molecule has 0 fully saturated rings. The van der Waals surface area contributed by atoms with E-state index >= 15 is 0 Å². The summed E-state index contributed by atoms with van der Waals surface area (Å²) in [6.07, 6.45) is 5.28. The van der Waals surface area contributed by atoms with Crippen LogP contribution in [0.25, 0.3) is 22.6 Å². The normalized spacial score (nSPS) is 10.8. The molecule has 2 aromatic heterocycles. The van der Waals surface area contributed by atoms with Gasteiger partial charge in [-0.3, -0.25) is 9.48 Å². The van der Waals surface area contributed by atoms with Gasteiger partial charge in [-0.2, -0.15) is 5.10 Å². The number of halogens is 1. The molecule has 0 aliphatic rings. The van der Waals surface area contributed by atoms with Crippen LogP contribution in [0, 0.1) is 5.82 Å². The number of aryl methyl sites for hydroxylation is 1. The highest BCUT2D eigenvalue weighted by atomic mass is 19.1. The average molecular weight is 449 g/mol. The number of nitrogens with zero attached hydrogens (tertiary/aromatic N) is 4. The Balaban J connectivity index is 1.57. The zero-order valence-corrected chi connectivity index (χ0v) is 18.6. The minimum atomic E-state index is -0.305. The van der Waals surface area contributed by atoms with Crippen molar-refractivity contribution in [3.63, 3.8) is 0 Å². The molecule has 0 saturated heterocycles. The average Bonchev–Trinajstić information content (AvgIpc) is 3.44. The minimum absolute atomic E-state index is 0.282. The topological polar surface area (TPSA) is 83.2 Å². The minimum Gasteiger partial charge on any atom is -0.497 e. The molecule has 0 saturated carbocycles. The number of carbonyl (C=O) groups excluding carboxylic acids is 1. The van der Waals surface area contributed by atoms with Crippen molar-refractivity contribution in [2.45, 2.75) is 6.54 Å². The van der Waals surface area contributed by atoms with Crippen molar-refractivity contribution >= 4 is 5.91 Å². The molecule has 0 aliphatic carbocycles. The maximum Gasteiger partial charge on any atom is 0.255 e. The summed E-state index contributed by atoms with van der Waals surface area (Å²) in [7, 11) is 4.95. The highest BCUT2D eigenvalue weighted by molar-refractivity contribution is 5.97. The molecular weight excluding hydrogens is 425 g/mol. The number of carbonyl (C=O) groups is 1. The van der Waals surface area contributed by atoms with Gasteiger partial charge < -0.3 is 19.4 Å². The van der Waals surface area contributed by atoms with Gasteiger partial charge in [0.1, 0.15) is 23.0 Å². The lowest BCUT2D eigenvalue weighted by molar-refractivity contribution is 0.0948. The van der Waals surface area contributed by atoms with Crippen molar-refractivity contribution < 1.29 is 18.7 Å². The summed E-state index contributed by atoms with van der Waals surface area (Å²) in [4.78, 5) is 17.2. The smallest absolute Gasteiger partial charge is 0.255 e. The fourth-order valence-electron chi connectivity index (χ4n) is 3.59. The van der Waals surface area contributed by atoms with Crippen LogP contribution in [0.4, 0.5) is 4.39 Å². The SMILES string of the molecule is COc1ccc(OC)c(C(=O)NCCn2ncc(-c3ccc(F)cc3)c2-c2nccn2C)c1. The first kappa shape index (κ1) is 22.1. The molecule has 0 unspecified atom stereocenters. The molecule has 1 amide bonds. The van der Waals surface area contributed by atoms with Gasteiger partial charge in [-0.15, -0.1) is 0 Å². The van der Waals surface area contributed by atoms with Crippen LogP contribution in [-0.2, 0) is 13.6 Å². The Labute approximate surface area is 190 Å². The lowest BCUT2D eigenvalue weighted by Crippen LogP contribution is -2.28. The second-order valence-corrected chi connectivity index (χ2v) is 7.32. The molecule has 0 radical (unpaired) electrons. The molecule has 4 aromatic rings. The van der Waals surface area contributed by atoms with Gasteiger partial charge >= 0.3 is 0 Å². The summed E-state index contributed by atoms with van der Waals surface area (Å²) in [6, 6.07) is 11.3. The number of methoxy groups -OCH3 is 2. The molecule has 8 nitrogen and oxygen atoms in total. The molecule has 33 heavy (non-hydrogen) atoms. The molecule has 0 bridgehead atoms. The Kier molecular flexibility index (Phi) is 6.39. The quantitative estimate of drug-likeness (QED) is 0.445. The summed E-state index contributed by atoms with van der Waals surface area (Å²) in [5, 5.41) is 7.42. The van der Waals surface area contributed by atoms with E-state index < -0.39 is 0 Å². The van der Waals surface area contributed by atoms with Crippen molar-refractivity contribution in [1.82, 2.24) is 24.6 Å². The number of rotatable bonds is 8. The van der Waals surface area contributed by atoms with Crippen LogP contribution >= 0.6 is 0 Å². The number of ether oxygens (including phenoxy) is 2. The molecule has 0 atom stereocenters. The molecule has 0 aliphatic heterocycles. The summed E-state index contributed by atoms with van der Waals surface area (Å²) >= 11 is 0. The Morgan fingerprint density at radius 3 is 2.58 bits per heavy atom. The fourth-order valence-corrected chi connectivity index (χ4v) is 3.59. The second-order valence-electron chi connectivity index (χ2n) is 7.32. The van der Waals surface area contributed by atoms with E-state index in [-0.39, 0.29) is 11.7 Å². The summed E-state index contributed by atoms with van der Waals surface area (Å²) in [6.45, 7) is 0.725. The molecule has 2 aromatic carbocycles. The number of benzene rings is 2. The first-order chi connectivity index (χ1) is 16.0. The molecule has 9 heteroatoms. The van der Waals surface area contributed by atoms with Gasteiger partial charge in [-0.1, -0.05) is 12.1 Å². The molecule has 1 N–H and O–H groups in total. The van der Waals surface area contributed by atoms with E-state index in [0.29, 0.717) is 36.0 Å². The van der Waals surface area contributed by atoms with Gasteiger partial charge in [0, 0.05) is 31.5 Å². The highest BCUT2D eigenvalue weighted by Crippen LogP contribution is 2.31. The van der Waals surface area contributed by atoms with Gasteiger partial charge in [-0.25, -0.2) is 9.37 Å². The van der Waals surface area contributed by atoms with Crippen LogP contribution in [0.3, 0.4) is 0 Å². The van der Waals surface area contributed by atoms with Crippen LogP contribution in [-0.4, -0.2) is 46.0 Å². The van der Waals surface area contributed by atoms with Crippen LogP contribution in [0.2, 0.25) is 0 Å². The Morgan fingerprint density at radius 2 is 1.91 bits per heavy atom. The van der Waals surface area contributed by atoms with E-state index in [1.54, 1.807) is 54.5 Å². The Bertz CT molecular complexity index is 1260. The van der Waals surface area contributed by atoms with Gasteiger partial charge in [0.15, 0.2) is 5.82 Å². The monoisotopic (exact) mass is 449 g/mol. The van der Waals surface area contributed by atoms with E-state index in [1.165, 1.54) is 19.2 Å². The lowest BCUT2D eigenvalue weighted by atomic mass is 10.1. The van der Waals surface area contributed by atoms with Crippen LogP contribution in [0.15, 0.2) is 61.1 Å². The van der Waals surface area contributed by atoms with E-state index in [1.807, 2.05) is 17.8 Å². The maximum atomic E-state index is 13.4. The van der Waals surface area contributed by atoms with Gasteiger partial charge in [0.05, 0.1) is 32.5 Å². The standard InChI is InChI=1S/C24H24FN5O3/c1-29-12-10-26-23(29)22-20(16-4-6-17(25)7-5-16)15-28-30(22)13-11-27-24(31)19-14-18(32-2)8-9-21(19)33-3/h4-10,12,14-15H,11,13H2,1-3H3,(H,27,31). The first-order valence-electron chi connectivity index (χ1n) is 10.3. The maximum absolute atomic E-state index is 13.4. The molecular formula is C24H24FN5O3. The number of aromatic nitrogens is 4. The van der Waals surface area contributed by atoms with Crippen molar-refractivity contribution in [3.05, 3.63) is 72.4 Å². The molecule has 170 valence electrons. The number of imidazole rings is 1. The third-order valence-corrected chi connectivity index (χ3v) is 5.29. The van der Waals surface area contributed by atoms with E-state index in [4.69, 9.17) is 9.47 Å². The number of amides is 1. The third kappa shape index (κ3) is 4.57. The highest BCUT2D eigenvalue weighted by Gasteiger charge is 2.19. The zero-order valence-electron chi connectivity index (χ0n) is 18.6. The Hall–Kier alpha value is -4.14. The van der Waals surface area contributed by atoms with Crippen molar-refractivity contribution in [2.24, 2.45) is 7.05 Å². The van der Waals surface area contributed by atoms with E-state index in [0.717, 1.165) is 16.8 Å². The molecule has 0 spiro atoms. The number of nitrogens with one attached hydrogen (secondary N) is 1. The zero-order chi connectivity index (χ0) is 23.4. The molecule has 2 heterocycles. The van der Waals surface area contributed by atoms with Crippen molar-refractivity contribution in [3.8, 4) is 34.1 Å². The van der Waals surface area contributed by atoms with Crippen LogP contribution in [0.1, 0.15) is 10.4 Å². The van der Waals surface area contributed by atoms with Gasteiger partial charge in [-0.05, 0) is 35.9 Å². The first-order valence-corrected chi connectivity index (χ1v) is 10.3. The summed E-state index contributed by atoms with van der Waals surface area (Å²) in [5.41, 5.74) is 2.81.